The van der Waals surface area contributed by atoms with E-state index in [2.05, 4.69) is 10.6 Å². The number of esters is 1. The first-order valence-electron chi connectivity index (χ1n) is 7.35. The summed E-state index contributed by atoms with van der Waals surface area (Å²) in [6, 6.07) is 2.75. The van der Waals surface area contributed by atoms with E-state index in [0.29, 0.717) is 5.56 Å². The molecule has 1 heterocycles. The predicted octanol–water partition coefficient (Wildman–Crippen LogP) is 2.52. The molecule has 1 aliphatic rings. The van der Waals surface area contributed by atoms with Crippen molar-refractivity contribution in [3.63, 3.8) is 0 Å². The van der Waals surface area contributed by atoms with Crippen LogP contribution in [-0.2, 0) is 20.4 Å². The molecule has 2 rings (SSSR count). The van der Waals surface area contributed by atoms with E-state index in [1.165, 1.54) is 26.2 Å². The highest BCUT2D eigenvalue weighted by molar-refractivity contribution is 5.95. The zero-order valence-electron chi connectivity index (χ0n) is 13.6. The number of hydrogen-bond donors (Lipinski definition) is 2. The van der Waals surface area contributed by atoms with Crippen molar-refractivity contribution in [3.8, 4) is 0 Å². The van der Waals surface area contributed by atoms with Crippen molar-refractivity contribution in [2.75, 3.05) is 20.3 Å². The van der Waals surface area contributed by atoms with Crippen molar-refractivity contribution in [2.24, 2.45) is 0 Å². The Morgan fingerprint density at radius 3 is 2.40 bits per heavy atom. The summed E-state index contributed by atoms with van der Waals surface area (Å²) in [5.41, 5.74) is -0.0890. The molecule has 0 spiro atoms. The number of halogens is 3. The van der Waals surface area contributed by atoms with Gasteiger partial charge in [0.05, 0.1) is 23.8 Å². The number of nitrogens with one attached hydrogen (secondary N) is 2. The highest BCUT2D eigenvalue weighted by atomic mass is 19.4. The van der Waals surface area contributed by atoms with Gasteiger partial charge in [-0.2, -0.15) is 13.2 Å². The average Bonchev–Trinajstić information content (AvgIpc) is 2.53. The van der Waals surface area contributed by atoms with Gasteiger partial charge in [-0.15, -0.1) is 0 Å². The van der Waals surface area contributed by atoms with Crippen LogP contribution in [0.25, 0.3) is 0 Å². The molecule has 0 bridgehead atoms. The number of amides is 2. The Kier molecular flexibility index (Phi) is 5.68. The highest BCUT2D eigenvalue weighted by Crippen LogP contribution is 2.32. The Bertz CT molecular complexity index is 684. The molecule has 0 aliphatic carbocycles. The lowest BCUT2D eigenvalue weighted by Crippen LogP contribution is -2.45. The van der Waals surface area contributed by atoms with Crippen LogP contribution < -0.4 is 10.6 Å². The van der Waals surface area contributed by atoms with Crippen molar-refractivity contribution >= 4 is 12.0 Å². The Hall–Kier alpha value is -2.55. The molecule has 136 valence electrons. The molecular weight excluding hydrogens is 341 g/mol. The number of hydrogen-bond acceptors (Lipinski definition) is 4. The second-order valence-corrected chi connectivity index (χ2v) is 5.32. The maximum atomic E-state index is 12.7. The van der Waals surface area contributed by atoms with Gasteiger partial charge in [0.15, 0.2) is 0 Å². The number of urea groups is 1. The fraction of sp³-hybridized carbons (Fsp3) is 0.375. The van der Waals surface area contributed by atoms with E-state index >= 15 is 0 Å². The molecule has 2 amide bonds. The van der Waals surface area contributed by atoms with Crippen molar-refractivity contribution in [1.29, 1.82) is 0 Å². The Balaban J connectivity index is 2.30. The number of methoxy groups -OCH3 is 1. The van der Waals surface area contributed by atoms with Gasteiger partial charge in [-0.25, -0.2) is 9.59 Å². The number of carbonyl (C=O) groups is 2. The van der Waals surface area contributed by atoms with Crippen LogP contribution in [0.1, 0.15) is 24.1 Å². The summed E-state index contributed by atoms with van der Waals surface area (Å²) in [5.74, 6) is -0.688. The van der Waals surface area contributed by atoms with Gasteiger partial charge in [0.2, 0.25) is 0 Å². The first-order valence-corrected chi connectivity index (χ1v) is 7.35. The van der Waals surface area contributed by atoms with Crippen LogP contribution in [0.15, 0.2) is 35.5 Å². The fourth-order valence-corrected chi connectivity index (χ4v) is 2.37. The molecule has 0 fully saturated rings. The third kappa shape index (κ3) is 4.50. The molecule has 0 radical (unpaired) electrons. The van der Waals surface area contributed by atoms with Crippen molar-refractivity contribution in [1.82, 2.24) is 10.6 Å². The number of carbonyl (C=O) groups excluding carboxylic acids is 2. The van der Waals surface area contributed by atoms with Gasteiger partial charge in [-0.05, 0) is 24.6 Å². The predicted molar refractivity (Wildman–Crippen MR) is 81.4 cm³/mol. The number of allylic oxidation sites excluding steroid dienone is 1. The lowest BCUT2D eigenvalue weighted by atomic mass is 9.95. The Morgan fingerprint density at radius 2 is 1.84 bits per heavy atom. The second kappa shape index (κ2) is 7.56. The van der Waals surface area contributed by atoms with Crippen LogP contribution in [0, 0.1) is 0 Å². The van der Waals surface area contributed by atoms with E-state index in [0.717, 1.165) is 12.1 Å². The molecule has 25 heavy (non-hydrogen) atoms. The summed E-state index contributed by atoms with van der Waals surface area (Å²) in [6.45, 7) is 1.73. The van der Waals surface area contributed by atoms with Gasteiger partial charge in [-0.1, -0.05) is 12.1 Å². The molecule has 0 aromatic heterocycles. The molecule has 1 unspecified atom stereocenters. The molecule has 1 aliphatic heterocycles. The van der Waals surface area contributed by atoms with Crippen LogP contribution in [0.4, 0.5) is 18.0 Å². The normalized spacial score (nSPS) is 17.8. The van der Waals surface area contributed by atoms with E-state index in [4.69, 9.17) is 9.47 Å². The number of ether oxygens (including phenoxy) is 2. The number of benzene rings is 1. The Labute approximate surface area is 142 Å². The van der Waals surface area contributed by atoms with Gasteiger partial charge < -0.3 is 20.1 Å². The molecular formula is C16H17F3N2O4. The Morgan fingerprint density at radius 1 is 1.20 bits per heavy atom. The van der Waals surface area contributed by atoms with Crippen LogP contribution >= 0.6 is 0 Å². The minimum Gasteiger partial charge on any atom is -0.460 e. The van der Waals surface area contributed by atoms with E-state index < -0.39 is 29.8 Å². The summed E-state index contributed by atoms with van der Waals surface area (Å²) >= 11 is 0. The van der Waals surface area contributed by atoms with Gasteiger partial charge in [0, 0.05) is 12.8 Å². The van der Waals surface area contributed by atoms with E-state index in [-0.39, 0.29) is 24.5 Å². The molecule has 6 nitrogen and oxygen atoms in total. The first-order chi connectivity index (χ1) is 11.7. The molecule has 9 heteroatoms. The largest absolute Gasteiger partial charge is 0.460 e. The molecule has 1 atom stereocenters. The second-order valence-electron chi connectivity index (χ2n) is 5.32. The van der Waals surface area contributed by atoms with Crippen molar-refractivity contribution in [2.45, 2.75) is 19.1 Å². The smallest absolute Gasteiger partial charge is 0.416 e. The SMILES string of the molecule is COCCOC(=O)C1=C(C)NC(=O)NC1c1ccc(C(F)(F)F)cc1. The van der Waals surface area contributed by atoms with Gasteiger partial charge in [0.25, 0.3) is 0 Å². The minimum absolute atomic E-state index is 0.0137. The van der Waals surface area contributed by atoms with E-state index in [1.54, 1.807) is 0 Å². The first kappa shape index (κ1) is 18.8. The fourth-order valence-electron chi connectivity index (χ4n) is 2.37. The molecule has 1 aromatic carbocycles. The molecule has 2 N–H and O–H groups in total. The van der Waals surface area contributed by atoms with E-state index in [9.17, 15) is 22.8 Å². The quantitative estimate of drug-likeness (QED) is 0.626. The average molecular weight is 358 g/mol. The van der Waals surface area contributed by atoms with Crippen molar-refractivity contribution in [3.05, 3.63) is 46.7 Å². The topological polar surface area (TPSA) is 76.7 Å². The molecule has 0 saturated carbocycles. The summed E-state index contributed by atoms with van der Waals surface area (Å²) < 4.78 is 47.9. The summed E-state index contributed by atoms with van der Waals surface area (Å²) in [6.07, 6.45) is -4.47. The zero-order chi connectivity index (χ0) is 18.6. The van der Waals surface area contributed by atoms with Crippen LogP contribution in [0.5, 0.6) is 0 Å². The summed E-state index contributed by atoms with van der Waals surface area (Å²) in [5, 5.41) is 4.97. The molecule has 0 saturated heterocycles. The third-order valence-corrected chi connectivity index (χ3v) is 3.58. The third-order valence-electron chi connectivity index (χ3n) is 3.58. The van der Waals surface area contributed by atoms with Gasteiger partial charge >= 0.3 is 18.2 Å². The minimum atomic E-state index is -4.47. The number of rotatable bonds is 5. The van der Waals surface area contributed by atoms with Crippen LogP contribution in [-0.4, -0.2) is 32.3 Å². The lowest BCUT2D eigenvalue weighted by Gasteiger charge is -2.28. The van der Waals surface area contributed by atoms with E-state index in [1.807, 2.05) is 0 Å². The summed E-state index contributed by atoms with van der Waals surface area (Å²) in [7, 11) is 1.45. The molecule has 1 aromatic rings. The summed E-state index contributed by atoms with van der Waals surface area (Å²) in [4.78, 5) is 24.0. The standard InChI is InChI=1S/C16H17F3N2O4/c1-9-12(14(22)25-8-7-24-2)13(21-15(23)20-9)10-3-5-11(6-4-10)16(17,18)19/h3-6,13H,7-8H2,1-2H3,(H2,20,21,23). The van der Waals surface area contributed by atoms with Gasteiger partial charge in [0.1, 0.15) is 6.61 Å². The number of alkyl halides is 3. The van der Waals surface area contributed by atoms with Gasteiger partial charge in [-0.3, -0.25) is 0 Å². The maximum absolute atomic E-state index is 12.7. The maximum Gasteiger partial charge on any atom is 0.416 e. The van der Waals surface area contributed by atoms with Crippen molar-refractivity contribution < 1.29 is 32.2 Å². The van der Waals surface area contributed by atoms with Crippen LogP contribution in [0.2, 0.25) is 0 Å². The monoisotopic (exact) mass is 358 g/mol. The van der Waals surface area contributed by atoms with Crippen LogP contribution in [0.3, 0.4) is 0 Å². The lowest BCUT2D eigenvalue weighted by molar-refractivity contribution is -0.141. The zero-order valence-corrected chi connectivity index (χ0v) is 13.6. The highest BCUT2D eigenvalue weighted by Gasteiger charge is 2.34.